The first kappa shape index (κ1) is 14.9. The molecule has 1 amide bonds. The zero-order valence-corrected chi connectivity index (χ0v) is 10.6. The zero-order valence-electron chi connectivity index (χ0n) is 9.88. The molecule has 7 nitrogen and oxygen atoms in total. The Morgan fingerprint density at radius 3 is 2.47 bits per heavy atom. The van der Waals surface area contributed by atoms with Gasteiger partial charge in [-0.15, -0.1) is 0 Å². The van der Waals surface area contributed by atoms with Gasteiger partial charge in [-0.2, -0.15) is 0 Å². The second-order valence-electron chi connectivity index (χ2n) is 3.78. The van der Waals surface area contributed by atoms with E-state index in [0.29, 0.717) is 5.69 Å². The van der Waals surface area contributed by atoms with E-state index in [1.54, 1.807) is 6.92 Å². The Morgan fingerprint density at radius 2 is 2.00 bits per heavy atom. The van der Waals surface area contributed by atoms with Gasteiger partial charge in [0.1, 0.15) is 11.2 Å². The number of carboxylic acid groups (broad SMARTS) is 2. The fraction of sp³-hybridized carbons (Fsp3) is 0.273. The summed E-state index contributed by atoms with van der Waals surface area (Å²) in [5.74, 6) is -3.47. The normalized spacial score (nSPS) is 11.7. The lowest BCUT2D eigenvalue weighted by molar-refractivity contribution is -0.145. The molecule has 1 aromatic heterocycles. The van der Waals surface area contributed by atoms with E-state index < -0.39 is 30.3 Å². The fourth-order valence-corrected chi connectivity index (χ4v) is 1.63. The maximum atomic E-state index is 11.8. The van der Waals surface area contributed by atoms with E-state index in [1.165, 1.54) is 12.1 Å². The molecule has 0 aliphatic rings. The van der Waals surface area contributed by atoms with Gasteiger partial charge in [-0.25, -0.2) is 9.78 Å². The average molecular weight is 287 g/mol. The number of carbonyl (C=O) groups is 3. The predicted molar refractivity (Wildman–Crippen MR) is 65.1 cm³/mol. The highest BCUT2D eigenvalue weighted by Crippen LogP contribution is 2.10. The molecule has 3 N–H and O–H groups in total. The number of aryl methyl sites for hydroxylation is 1. The molecule has 0 bridgehead atoms. The molecular weight excluding hydrogens is 276 g/mol. The van der Waals surface area contributed by atoms with Gasteiger partial charge in [0.15, 0.2) is 0 Å². The molecule has 0 saturated heterocycles. The average Bonchev–Trinajstić information content (AvgIpc) is 2.25. The standard InChI is InChI=1S/C11H11ClN2O5/c1-5-2-6(3-8(12)13-5)10(17)14-7(11(18)19)4-9(15)16/h2-3,7H,4H2,1H3,(H,14,17)(H,15,16)(H,18,19)/t7-/m1/s1. The molecule has 102 valence electrons. The molecule has 0 aromatic carbocycles. The second kappa shape index (κ2) is 6.14. The topological polar surface area (TPSA) is 117 Å². The van der Waals surface area contributed by atoms with Crippen LogP contribution in [-0.4, -0.2) is 39.1 Å². The van der Waals surface area contributed by atoms with Crippen LogP contribution < -0.4 is 5.32 Å². The van der Waals surface area contributed by atoms with E-state index in [4.69, 9.17) is 21.8 Å². The molecule has 0 aliphatic heterocycles. The number of nitrogens with one attached hydrogen (secondary N) is 1. The zero-order chi connectivity index (χ0) is 14.6. The van der Waals surface area contributed by atoms with Crippen molar-refractivity contribution in [3.63, 3.8) is 0 Å². The molecule has 19 heavy (non-hydrogen) atoms. The summed E-state index contributed by atoms with van der Waals surface area (Å²) in [6, 6.07) is 1.18. The number of nitrogens with zero attached hydrogens (tertiary/aromatic N) is 1. The van der Waals surface area contributed by atoms with Crippen molar-refractivity contribution in [2.45, 2.75) is 19.4 Å². The van der Waals surface area contributed by atoms with Gasteiger partial charge in [0.25, 0.3) is 5.91 Å². The SMILES string of the molecule is Cc1cc(C(=O)N[C@H](CC(=O)O)C(=O)O)cc(Cl)n1. The summed E-state index contributed by atoms with van der Waals surface area (Å²) in [7, 11) is 0. The maximum Gasteiger partial charge on any atom is 0.326 e. The minimum atomic E-state index is -1.50. The minimum absolute atomic E-state index is 0.0928. The number of hydrogen-bond acceptors (Lipinski definition) is 4. The monoisotopic (exact) mass is 286 g/mol. The highest BCUT2D eigenvalue weighted by atomic mass is 35.5. The van der Waals surface area contributed by atoms with Gasteiger partial charge in [-0.3, -0.25) is 9.59 Å². The lowest BCUT2D eigenvalue weighted by Gasteiger charge is -2.12. The number of hydrogen-bond donors (Lipinski definition) is 3. The van der Waals surface area contributed by atoms with Crippen LogP contribution in [0.1, 0.15) is 22.5 Å². The number of rotatable bonds is 5. The van der Waals surface area contributed by atoms with E-state index in [0.717, 1.165) is 0 Å². The Hall–Kier alpha value is -2.15. The number of aromatic nitrogens is 1. The van der Waals surface area contributed by atoms with Gasteiger partial charge < -0.3 is 15.5 Å². The van der Waals surface area contributed by atoms with E-state index in [2.05, 4.69) is 10.3 Å². The third-order valence-corrected chi connectivity index (χ3v) is 2.36. The van der Waals surface area contributed by atoms with Crippen LogP contribution >= 0.6 is 11.6 Å². The summed E-state index contributed by atoms with van der Waals surface area (Å²) in [4.78, 5) is 37.0. The lowest BCUT2D eigenvalue weighted by Crippen LogP contribution is -2.42. The van der Waals surface area contributed by atoms with Gasteiger partial charge in [0.2, 0.25) is 0 Å². The molecule has 1 atom stereocenters. The minimum Gasteiger partial charge on any atom is -0.481 e. The van der Waals surface area contributed by atoms with Gasteiger partial charge in [0.05, 0.1) is 6.42 Å². The molecule has 0 fully saturated rings. The highest BCUT2D eigenvalue weighted by molar-refractivity contribution is 6.29. The van der Waals surface area contributed by atoms with Crippen molar-refractivity contribution in [3.05, 3.63) is 28.5 Å². The van der Waals surface area contributed by atoms with Crippen molar-refractivity contribution in [1.82, 2.24) is 10.3 Å². The maximum absolute atomic E-state index is 11.8. The summed E-state index contributed by atoms with van der Waals surface area (Å²) in [5, 5.41) is 19.6. The van der Waals surface area contributed by atoms with Crippen molar-refractivity contribution >= 4 is 29.4 Å². The summed E-state index contributed by atoms with van der Waals surface area (Å²) in [5.41, 5.74) is 0.608. The first-order chi connectivity index (χ1) is 8.79. The second-order valence-corrected chi connectivity index (χ2v) is 4.17. The molecule has 1 rings (SSSR count). The summed E-state index contributed by atoms with van der Waals surface area (Å²) in [6.07, 6.45) is -0.709. The van der Waals surface area contributed by atoms with Crippen molar-refractivity contribution in [1.29, 1.82) is 0 Å². The van der Waals surface area contributed by atoms with Crippen LogP contribution in [0.25, 0.3) is 0 Å². The van der Waals surface area contributed by atoms with Crippen molar-refractivity contribution < 1.29 is 24.6 Å². The summed E-state index contributed by atoms with van der Waals surface area (Å²) < 4.78 is 0. The Labute approximate surface area is 113 Å². The first-order valence-corrected chi connectivity index (χ1v) is 5.57. The Kier molecular flexibility index (Phi) is 4.82. The Morgan fingerprint density at radius 1 is 1.37 bits per heavy atom. The number of halogens is 1. The third-order valence-electron chi connectivity index (χ3n) is 2.17. The smallest absolute Gasteiger partial charge is 0.326 e. The van der Waals surface area contributed by atoms with E-state index in [1.807, 2.05) is 0 Å². The van der Waals surface area contributed by atoms with Gasteiger partial charge in [0, 0.05) is 11.3 Å². The number of carbonyl (C=O) groups excluding carboxylic acids is 1. The Bertz CT molecular complexity index is 512. The van der Waals surface area contributed by atoms with Crippen LogP contribution in [0.5, 0.6) is 0 Å². The van der Waals surface area contributed by atoms with Crippen molar-refractivity contribution in [2.75, 3.05) is 0 Å². The fourth-order valence-electron chi connectivity index (χ4n) is 1.38. The molecule has 0 radical (unpaired) electrons. The van der Waals surface area contributed by atoms with E-state index in [-0.39, 0.29) is 10.7 Å². The number of aliphatic carboxylic acids is 2. The number of carboxylic acids is 2. The molecule has 1 heterocycles. The molecule has 0 saturated carbocycles. The van der Waals surface area contributed by atoms with Gasteiger partial charge in [-0.1, -0.05) is 11.6 Å². The van der Waals surface area contributed by atoms with Crippen molar-refractivity contribution in [3.8, 4) is 0 Å². The van der Waals surface area contributed by atoms with Gasteiger partial charge in [-0.05, 0) is 19.1 Å². The lowest BCUT2D eigenvalue weighted by atomic mass is 10.1. The molecule has 0 spiro atoms. The summed E-state index contributed by atoms with van der Waals surface area (Å²) in [6.45, 7) is 1.62. The third kappa shape index (κ3) is 4.55. The molecule has 1 aromatic rings. The first-order valence-electron chi connectivity index (χ1n) is 5.19. The van der Waals surface area contributed by atoms with Crippen LogP contribution in [0.3, 0.4) is 0 Å². The number of pyridine rings is 1. The summed E-state index contributed by atoms with van der Waals surface area (Å²) >= 11 is 5.68. The molecular formula is C11H11ClN2O5. The molecule has 0 unspecified atom stereocenters. The quantitative estimate of drug-likeness (QED) is 0.686. The Balaban J connectivity index is 2.87. The number of amides is 1. The van der Waals surface area contributed by atoms with Crippen LogP contribution in [0, 0.1) is 6.92 Å². The van der Waals surface area contributed by atoms with Crippen LogP contribution in [0.15, 0.2) is 12.1 Å². The molecule has 0 aliphatic carbocycles. The van der Waals surface area contributed by atoms with Crippen LogP contribution in [0.2, 0.25) is 5.15 Å². The predicted octanol–water partition coefficient (Wildman–Crippen LogP) is 0.701. The highest BCUT2D eigenvalue weighted by Gasteiger charge is 2.23. The van der Waals surface area contributed by atoms with E-state index in [9.17, 15) is 14.4 Å². The molecule has 8 heteroatoms. The van der Waals surface area contributed by atoms with Crippen LogP contribution in [-0.2, 0) is 9.59 Å². The van der Waals surface area contributed by atoms with Crippen molar-refractivity contribution in [2.24, 2.45) is 0 Å². The van der Waals surface area contributed by atoms with Crippen LogP contribution in [0.4, 0.5) is 0 Å². The van der Waals surface area contributed by atoms with E-state index >= 15 is 0 Å². The van der Waals surface area contributed by atoms with Gasteiger partial charge >= 0.3 is 11.9 Å². The largest absolute Gasteiger partial charge is 0.481 e.